The van der Waals surface area contributed by atoms with E-state index in [1.807, 2.05) is 30.3 Å². The molecule has 3 nitrogen and oxygen atoms in total. The van der Waals surface area contributed by atoms with Crippen molar-refractivity contribution < 1.29 is 9.18 Å². The van der Waals surface area contributed by atoms with E-state index in [1.165, 1.54) is 18.2 Å². The van der Waals surface area contributed by atoms with E-state index in [2.05, 4.69) is 31.1 Å². The van der Waals surface area contributed by atoms with E-state index in [0.29, 0.717) is 5.92 Å². The molecule has 0 radical (unpaired) electrons. The molecule has 0 spiro atoms. The Bertz CT molecular complexity index is 813. The predicted octanol–water partition coefficient (Wildman–Crippen LogP) is 5.07. The third-order valence-electron chi connectivity index (χ3n) is 5.81. The summed E-state index contributed by atoms with van der Waals surface area (Å²) in [7, 11) is 2.11. The van der Waals surface area contributed by atoms with Gasteiger partial charge in [0.15, 0.2) is 0 Å². The molecule has 3 unspecified atom stereocenters. The standard InChI is InChI=1S/C22H26ClFN2O/c1-15-11-12-22(2,26(3)14-15)20(16-7-5-4-6-8-16)25-21(27)18-10-9-17(24)13-19(18)23/h4-10,13,15,20H,11-12,14H2,1-3H3,(H,25,27). The number of halogens is 2. The molecule has 3 atom stereocenters. The molecule has 0 aromatic heterocycles. The van der Waals surface area contributed by atoms with E-state index in [1.54, 1.807) is 0 Å². The summed E-state index contributed by atoms with van der Waals surface area (Å²) in [6.07, 6.45) is 2.08. The van der Waals surface area contributed by atoms with Crippen LogP contribution in [0.4, 0.5) is 4.39 Å². The normalized spacial score (nSPS) is 24.4. The minimum Gasteiger partial charge on any atom is -0.343 e. The maximum atomic E-state index is 13.4. The lowest BCUT2D eigenvalue weighted by Gasteiger charge is -2.50. The van der Waals surface area contributed by atoms with Crippen LogP contribution in [0.15, 0.2) is 48.5 Å². The van der Waals surface area contributed by atoms with Gasteiger partial charge < -0.3 is 5.32 Å². The van der Waals surface area contributed by atoms with Gasteiger partial charge in [-0.05, 0) is 56.5 Å². The fourth-order valence-corrected chi connectivity index (χ4v) is 4.24. The van der Waals surface area contributed by atoms with Crippen molar-refractivity contribution in [2.24, 2.45) is 5.92 Å². The lowest BCUT2D eigenvalue weighted by molar-refractivity contribution is 0.0276. The minimum absolute atomic E-state index is 0.120. The van der Waals surface area contributed by atoms with Crippen molar-refractivity contribution in [3.8, 4) is 0 Å². The largest absolute Gasteiger partial charge is 0.343 e. The quantitative estimate of drug-likeness (QED) is 0.792. The first-order valence-electron chi connectivity index (χ1n) is 9.33. The Morgan fingerprint density at radius 1 is 1.30 bits per heavy atom. The van der Waals surface area contributed by atoms with Crippen LogP contribution in [-0.2, 0) is 0 Å². The fourth-order valence-electron chi connectivity index (χ4n) is 3.99. The molecule has 27 heavy (non-hydrogen) atoms. The molecular weight excluding hydrogens is 363 g/mol. The molecule has 1 heterocycles. The number of carbonyl (C=O) groups is 1. The van der Waals surface area contributed by atoms with Gasteiger partial charge in [0, 0.05) is 12.1 Å². The molecule has 0 saturated carbocycles. The van der Waals surface area contributed by atoms with E-state index in [0.717, 1.165) is 24.9 Å². The Balaban J connectivity index is 1.95. The first-order chi connectivity index (χ1) is 12.8. The van der Waals surface area contributed by atoms with Crippen LogP contribution in [0.3, 0.4) is 0 Å². The number of nitrogens with zero attached hydrogens (tertiary/aromatic N) is 1. The van der Waals surface area contributed by atoms with Crippen LogP contribution in [0.2, 0.25) is 5.02 Å². The summed E-state index contributed by atoms with van der Waals surface area (Å²) < 4.78 is 13.4. The number of likely N-dealkylation sites (tertiary alicyclic amines) is 1. The number of hydrogen-bond donors (Lipinski definition) is 1. The van der Waals surface area contributed by atoms with Crippen molar-refractivity contribution in [3.05, 3.63) is 70.5 Å². The van der Waals surface area contributed by atoms with Crippen molar-refractivity contribution in [1.29, 1.82) is 0 Å². The van der Waals surface area contributed by atoms with Crippen LogP contribution >= 0.6 is 11.6 Å². The van der Waals surface area contributed by atoms with Gasteiger partial charge in [0.05, 0.1) is 16.6 Å². The summed E-state index contributed by atoms with van der Waals surface area (Å²) >= 11 is 6.11. The zero-order valence-corrected chi connectivity index (χ0v) is 16.8. The van der Waals surface area contributed by atoms with Gasteiger partial charge in [-0.25, -0.2) is 4.39 Å². The Morgan fingerprint density at radius 2 is 2.00 bits per heavy atom. The zero-order chi connectivity index (χ0) is 19.6. The number of carbonyl (C=O) groups excluding carboxylic acids is 1. The monoisotopic (exact) mass is 388 g/mol. The third kappa shape index (κ3) is 4.17. The van der Waals surface area contributed by atoms with Gasteiger partial charge in [-0.2, -0.15) is 0 Å². The van der Waals surface area contributed by atoms with Gasteiger partial charge in [0.1, 0.15) is 5.82 Å². The molecule has 1 fully saturated rings. The van der Waals surface area contributed by atoms with Gasteiger partial charge in [0.25, 0.3) is 5.91 Å². The number of likely N-dealkylation sites (N-methyl/N-ethyl adjacent to an activating group) is 1. The second kappa shape index (κ2) is 7.99. The summed E-state index contributed by atoms with van der Waals surface area (Å²) in [5, 5.41) is 3.30. The summed E-state index contributed by atoms with van der Waals surface area (Å²) in [6, 6.07) is 13.7. The van der Waals surface area contributed by atoms with Gasteiger partial charge in [-0.15, -0.1) is 0 Å². The second-order valence-electron chi connectivity index (χ2n) is 7.82. The van der Waals surface area contributed by atoms with E-state index in [9.17, 15) is 9.18 Å². The predicted molar refractivity (Wildman–Crippen MR) is 107 cm³/mol. The molecule has 0 aliphatic carbocycles. The van der Waals surface area contributed by atoms with Gasteiger partial charge in [-0.1, -0.05) is 48.9 Å². The average Bonchev–Trinajstić information content (AvgIpc) is 2.63. The van der Waals surface area contributed by atoms with Crippen molar-refractivity contribution in [2.45, 2.75) is 38.3 Å². The highest BCUT2D eigenvalue weighted by Gasteiger charge is 2.42. The molecule has 1 aliphatic heterocycles. The van der Waals surface area contributed by atoms with Crippen LogP contribution in [-0.4, -0.2) is 29.9 Å². The summed E-state index contributed by atoms with van der Waals surface area (Å²) in [4.78, 5) is 15.3. The first-order valence-corrected chi connectivity index (χ1v) is 9.71. The maximum absolute atomic E-state index is 13.4. The molecule has 3 rings (SSSR count). The van der Waals surface area contributed by atoms with Gasteiger partial charge >= 0.3 is 0 Å². The fraction of sp³-hybridized carbons (Fsp3) is 0.409. The Hall–Kier alpha value is -1.91. The van der Waals surface area contributed by atoms with E-state index >= 15 is 0 Å². The molecule has 1 N–H and O–H groups in total. The summed E-state index contributed by atoms with van der Waals surface area (Å²) in [5.41, 5.74) is 1.11. The van der Waals surface area contributed by atoms with Crippen molar-refractivity contribution in [1.82, 2.24) is 10.2 Å². The SMILES string of the molecule is CC1CCC(C)(C(NC(=O)c2ccc(F)cc2Cl)c2ccccc2)N(C)C1. The summed E-state index contributed by atoms with van der Waals surface area (Å²) in [6.45, 7) is 5.43. The van der Waals surface area contributed by atoms with Crippen LogP contribution in [0.25, 0.3) is 0 Å². The topological polar surface area (TPSA) is 32.3 Å². The minimum atomic E-state index is -0.455. The highest BCUT2D eigenvalue weighted by molar-refractivity contribution is 6.33. The molecule has 144 valence electrons. The van der Waals surface area contributed by atoms with Gasteiger partial charge in [0.2, 0.25) is 0 Å². The third-order valence-corrected chi connectivity index (χ3v) is 6.12. The molecular formula is C22H26ClFN2O. The van der Waals surface area contributed by atoms with Crippen molar-refractivity contribution in [2.75, 3.05) is 13.6 Å². The van der Waals surface area contributed by atoms with E-state index in [4.69, 9.17) is 11.6 Å². The molecule has 2 aromatic carbocycles. The van der Waals surface area contributed by atoms with E-state index in [-0.39, 0.29) is 28.1 Å². The Morgan fingerprint density at radius 3 is 2.63 bits per heavy atom. The highest BCUT2D eigenvalue weighted by atomic mass is 35.5. The van der Waals surface area contributed by atoms with Crippen LogP contribution in [0.5, 0.6) is 0 Å². The smallest absolute Gasteiger partial charge is 0.253 e. The number of piperidine rings is 1. The van der Waals surface area contributed by atoms with E-state index < -0.39 is 5.82 Å². The molecule has 5 heteroatoms. The van der Waals surface area contributed by atoms with Gasteiger partial charge in [-0.3, -0.25) is 9.69 Å². The molecule has 1 amide bonds. The Labute approximate surface area is 165 Å². The second-order valence-corrected chi connectivity index (χ2v) is 8.23. The van der Waals surface area contributed by atoms with Crippen molar-refractivity contribution in [3.63, 3.8) is 0 Å². The lowest BCUT2D eigenvalue weighted by Crippen LogP contribution is -2.57. The maximum Gasteiger partial charge on any atom is 0.253 e. The average molecular weight is 389 g/mol. The molecule has 1 aliphatic rings. The van der Waals surface area contributed by atoms with Crippen LogP contribution < -0.4 is 5.32 Å². The number of nitrogens with one attached hydrogen (secondary N) is 1. The number of rotatable bonds is 4. The lowest BCUT2D eigenvalue weighted by atomic mass is 9.76. The van der Waals surface area contributed by atoms with Crippen LogP contribution in [0, 0.1) is 11.7 Å². The number of amides is 1. The molecule has 1 saturated heterocycles. The zero-order valence-electron chi connectivity index (χ0n) is 16.0. The van der Waals surface area contributed by atoms with Crippen molar-refractivity contribution >= 4 is 17.5 Å². The first kappa shape index (κ1) is 19.8. The Kier molecular flexibility index (Phi) is 5.87. The molecule has 0 bridgehead atoms. The number of hydrogen-bond acceptors (Lipinski definition) is 2. The molecule has 2 aromatic rings. The van der Waals surface area contributed by atoms with Crippen LogP contribution in [0.1, 0.15) is 48.7 Å². The number of benzene rings is 2. The summed E-state index contributed by atoms with van der Waals surface area (Å²) in [5.74, 6) is -0.118. The highest BCUT2D eigenvalue weighted by Crippen LogP contribution is 2.39.